The van der Waals surface area contributed by atoms with Gasteiger partial charge in [-0.1, -0.05) is 182 Å². The highest BCUT2D eigenvalue weighted by Gasteiger charge is 2.30. The third kappa shape index (κ3) is 11.5. The van der Waals surface area contributed by atoms with Gasteiger partial charge < -0.3 is 14.7 Å². The predicted molar refractivity (Wildman–Crippen MR) is 370 cm³/mol. The van der Waals surface area contributed by atoms with E-state index in [9.17, 15) is 0 Å². The Hall–Kier alpha value is -11.2. The average molecular weight is 1170 g/mol. The van der Waals surface area contributed by atoms with Crippen LogP contribution in [0.25, 0.3) is 99.9 Å². The Kier molecular flexibility index (Phi) is 16.0. The molecule has 13 aromatic rings. The molecule has 9 nitrogen and oxygen atoms in total. The van der Waals surface area contributed by atoms with Crippen molar-refractivity contribution in [3.05, 3.63) is 290 Å². The molecule has 0 atom stereocenters. The highest BCUT2D eigenvalue weighted by Crippen LogP contribution is 2.38. The zero-order valence-electron chi connectivity index (χ0n) is 51.1. The second-order valence-corrected chi connectivity index (χ2v) is 23.6. The zero-order chi connectivity index (χ0) is 62.0. The van der Waals surface area contributed by atoms with Crippen molar-refractivity contribution in [1.29, 1.82) is 0 Å². The number of anilines is 3. The Balaban J connectivity index is 0.870. The number of hydrogen-bond donors (Lipinski definition) is 0. The number of pyridine rings is 3. The molecule has 3 amide bonds. The number of nitrogens with zero attached hydrogens (tertiary/aromatic N) is 6. The number of rotatable bonds is 15. The average Bonchev–Trinajstić information content (AvgIpc) is 0.974. The molecular formula is C81H66N6O3. The number of benzene rings is 10. The minimum atomic E-state index is -0.368. The van der Waals surface area contributed by atoms with Gasteiger partial charge in [0.25, 0.3) is 17.7 Å². The smallest absolute Gasteiger partial charge is 0.258 e. The van der Waals surface area contributed by atoms with E-state index in [1.54, 1.807) is 32.9 Å². The van der Waals surface area contributed by atoms with Crippen molar-refractivity contribution in [2.45, 2.75) is 59.7 Å². The summed E-state index contributed by atoms with van der Waals surface area (Å²) in [6.07, 6.45) is 0. The Morgan fingerprint density at radius 2 is 0.500 bits per heavy atom. The van der Waals surface area contributed by atoms with E-state index in [0.717, 1.165) is 99.9 Å². The van der Waals surface area contributed by atoms with Crippen LogP contribution in [0.3, 0.4) is 0 Å². The lowest BCUT2D eigenvalue weighted by Crippen LogP contribution is -2.40. The van der Waals surface area contributed by atoms with E-state index in [2.05, 4.69) is 72.8 Å². The van der Waals surface area contributed by atoms with Crippen LogP contribution in [0.2, 0.25) is 0 Å². The van der Waals surface area contributed by atoms with Crippen LogP contribution in [0.5, 0.6) is 0 Å². The fourth-order valence-electron chi connectivity index (χ4n) is 12.3. The van der Waals surface area contributed by atoms with Crippen molar-refractivity contribution >= 4 is 67.5 Å². The number of hydrogen-bond acceptors (Lipinski definition) is 6. The Morgan fingerprint density at radius 3 is 0.744 bits per heavy atom. The van der Waals surface area contributed by atoms with E-state index in [-0.39, 0.29) is 52.5 Å². The summed E-state index contributed by atoms with van der Waals surface area (Å²) >= 11 is 0. The van der Waals surface area contributed by atoms with Crippen LogP contribution in [0, 0.1) is 0 Å². The summed E-state index contributed by atoms with van der Waals surface area (Å²) < 4.78 is 0. The second-order valence-electron chi connectivity index (χ2n) is 23.6. The number of fused-ring (bicyclic) bond motifs is 3. The molecule has 0 fully saturated rings. The molecular weight excluding hydrogens is 1100 g/mol. The Bertz CT molecular complexity index is 4300. The number of aromatic nitrogens is 3. The SMILES string of the molecule is CC(C)N(C(=O)c1cc(C(=O)N(c2ccc(-c3cc(-c4ccccc4)c4ccccc4n3)cc2)C(C)C)cc(C(=O)N(c2ccc(-c3cc(-c4ccccc4)c4ccccc4n3)cc2)C(C)C)c1)c1ccc(-c2cc(-c3ccccc3)c3ccccc3n2)cc1. The van der Waals surface area contributed by atoms with Crippen LogP contribution in [-0.2, 0) is 0 Å². The summed E-state index contributed by atoms with van der Waals surface area (Å²) in [5, 5.41) is 3.17. The normalized spacial score (nSPS) is 11.4. The van der Waals surface area contributed by atoms with Gasteiger partial charge in [-0.05, 0) is 166 Å². The lowest BCUT2D eigenvalue weighted by molar-refractivity contribution is 0.0979. The molecule has 0 saturated heterocycles. The van der Waals surface area contributed by atoms with E-state index in [0.29, 0.717) is 17.1 Å². The van der Waals surface area contributed by atoms with Crippen molar-refractivity contribution in [2.24, 2.45) is 0 Å². The van der Waals surface area contributed by atoms with E-state index >= 15 is 14.4 Å². The topological polar surface area (TPSA) is 99.6 Å². The molecule has 3 aromatic heterocycles. The Morgan fingerprint density at radius 1 is 0.267 bits per heavy atom. The van der Waals surface area contributed by atoms with Crippen LogP contribution in [0.4, 0.5) is 17.1 Å². The Labute approximate surface area is 525 Å². The lowest BCUT2D eigenvalue weighted by Gasteiger charge is -2.30. The third-order valence-electron chi connectivity index (χ3n) is 16.6. The molecule has 0 saturated carbocycles. The number of amides is 3. The molecule has 0 unspecified atom stereocenters. The first-order chi connectivity index (χ1) is 43.8. The molecule has 9 heteroatoms. The predicted octanol–water partition coefficient (Wildman–Crippen LogP) is 19.5. The van der Waals surface area contributed by atoms with E-state index in [1.165, 1.54) is 0 Å². The van der Waals surface area contributed by atoms with Gasteiger partial charge in [0.1, 0.15) is 0 Å². The minimum Gasteiger partial charge on any atom is -0.306 e. The first kappa shape index (κ1) is 57.9. The molecule has 0 bridgehead atoms. The fraction of sp³-hybridized carbons (Fsp3) is 0.111. The van der Waals surface area contributed by atoms with Gasteiger partial charge in [-0.3, -0.25) is 14.4 Å². The molecule has 10 aromatic carbocycles. The molecule has 90 heavy (non-hydrogen) atoms. The van der Waals surface area contributed by atoms with Gasteiger partial charge in [0.15, 0.2) is 0 Å². The molecule has 0 aliphatic heterocycles. The summed E-state index contributed by atoms with van der Waals surface area (Å²) in [7, 11) is 0. The highest BCUT2D eigenvalue weighted by atomic mass is 16.2. The van der Waals surface area contributed by atoms with Crippen LogP contribution in [0.15, 0.2) is 273 Å². The number of carbonyl (C=O) groups is 3. The van der Waals surface area contributed by atoms with Crippen molar-refractivity contribution in [3.8, 4) is 67.2 Å². The quantitative estimate of drug-likeness (QED) is 0.101. The van der Waals surface area contributed by atoms with Gasteiger partial charge in [-0.15, -0.1) is 0 Å². The molecule has 438 valence electrons. The third-order valence-corrected chi connectivity index (χ3v) is 16.6. The van der Waals surface area contributed by atoms with Gasteiger partial charge in [0, 0.05) is 84.7 Å². The summed E-state index contributed by atoms with van der Waals surface area (Å²) in [4.78, 5) is 67.2. The summed E-state index contributed by atoms with van der Waals surface area (Å²) in [5.74, 6) is -1.10. The van der Waals surface area contributed by atoms with E-state index in [1.807, 2.05) is 224 Å². The zero-order valence-corrected chi connectivity index (χ0v) is 51.1. The van der Waals surface area contributed by atoms with Gasteiger partial charge in [-0.2, -0.15) is 0 Å². The molecule has 0 aliphatic carbocycles. The van der Waals surface area contributed by atoms with Gasteiger partial charge in [-0.25, -0.2) is 15.0 Å². The van der Waals surface area contributed by atoms with Gasteiger partial charge >= 0.3 is 0 Å². The van der Waals surface area contributed by atoms with E-state index in [4.69, 9.17) is 15.0 Å². The summed E-state index contributed by atoms with van der Waals surface area (Å²) in [5.41, 5.74) is 16.7. The maximum Gasteiger partial charge on any atom is 0.258 e. The van der Waals surface area contributed by atoms with Crippen LogP contribution >= 0.6 is 0 Å². The maximum absolute atomic E-state index is 15.6. The molecule has 0 radical (unpaired) electrons. The number of carbonyl (C=O) groups excluding carboxylic acids is 3. The number of para-hydroxylation sites is 3. The van der Waals surface area contributed by atoms with E-state index < -0.39 is 0 Å². The largest absolute Gasteiger partial charge is 0.306 e. The molecule has 3 heterocycles. The van der Waals surface area contributed by atoms with Gasteiger partial charge in [0.2, 0.25) is 0 Å². The first-order valence-corrected chi connectivity index (χ1v) is 30.7. The maximum atomic E-state index is 15.6. The van der Waals surface area contributed by atoms with Crippen molar-refractivity contribution in [2.75, 3.05) is 14.7 Å². The van der Waals surface area contributed by atoms with Crippen molar-refractivity contribution in [1.82, 2.24) is 15.0 Å². The van der Waals surface area contributed by atoms with Gasteiger partial charge in [0.05, 0.1) is 33.6 Å². The summed E-state index contributed by atoms with van der Waals surface area (Å²) in [6.45, 7) is 11.8. The summed E-state index contributed by atoms with van der Waals surface area (Å²) in [6, 6.07) is 89.3. The standard InChI is InChI=1S/C81H66N6O3/c1-52(2)85(64-40-34-58(35-41-64)76-49-70(55-22-10-7-11-23-55)67-28-16-19-31-73(67)82-76)79(88)61-46-62(80(89)86(53(3)4)65-42-36-59(37-43-65)77-50-71(56-24-12-8-13-25-56)68-29-17-20-32-74(68)83-77)48-63(47-61)81(90)87(54(5)6)66-44-38-60(39-45-66)78-51-72(57-26-14-9-15-27-57)69-30-18-21-33-75(69)84-78/h7-54H,1-6H3. The van der Waals surface area contributed by atoms with Crippen molar-refractivity contribution in [3.63, 3.8) is 0 Å². The van der Waals surface area contributed by atoms with Crippen LogP contribution in [-0.4, -0.2) is 50.8 Å². The van der Waals surface area contributed by atoms with Crippen molar-refractivity contribution < 1.29 is 14.4 Å². The monoisotopic (exact) mass is 1170 g/mol. The first-order valence-electron chi connectivity index (χ1n) is 30.7. The molecule has 0 spiro atoms. The molecule has 0 N–H and O–H groups in total. The second kappa shape index (κ2) is 24.9. The minimum absolute atomic E-state index is 0.192. The lowest BCUT2D eigenvalue weighted by atomic mass is 9.98. The van der Waals surface area contributed by atoms with Crippen LogP contribution < -0.4 is 14.7 Å². The fourth-order valence-corrected chi connectivity index (χ4v) is 12.3. The molecule has 0 aliphatic rings. The van der Waals surface area contributed by atoms with Crippen LogP contribution in [0.1, 0.15) is 72.6 Å². The molecule has 13 rings (SSSR count). The highest BCUT2D eigenvalue weighted by molar-refractivity contribution is 6.15.